The predicted molar refractivity (Wildman–Crippen MR) is 128 cm³/mol. The van der Waals surface area contributed by atoms with E-state index < -0.39 is 29.9 Å². The molecular formula is C26H23N5O3. The summed E-state index contributed by atoms with van der Waals surface area (Å²) < 4.78 is 1.80. The molecule has 170 valence electrons. The summed E-state index contributed by atoms with van der Waals surface area (Å²) in [5.74, 6) is -0.495. The molecule has 8 heteroatoms. The standard InChI is InChI=1S/C26H23N5O3/c1-17-10-9-15-30-22(17)28-21(18-11-5-3-6-12-18)23(30)27-20(32)16-31-24(33)26(2,29-25(31)34)19-13-7-4-8-14-19/h3-15H,16H2,1-2H3,(H,27,32)(H,29,34). The fourth-order valence-corrected chi connectivity index (χ4v) is 4.24. The van der Waals surface area contributed by atoms with Crippen LogP contribution in [0.1, 0.15) is 18.1 Å². The molecule has 1 saturated heterocycles. The zero-order valence-corrected chi connectivity index (χ0v) is 18.8. The second-order valence-electron chi connectivity index (χ2n) is 8.42. The quantitative estimate of drug-likeness (QED) is 0.450. The van der Waals surface area contributed by atoms with Crippen LogP contribution in [-0.2, 0) is 15.1 Å². The molecule has 0 saturated carbocycles. The molecule has 1 aliphatic rings. The monoisotopic (exact) mass is 453 g/mol. The van der Waals surface area contributed by atoms with Gasteiger partial charge in [0.1, 0.15) is 29.2 Å². The number of carbonyl (C=O) groups is 3. The first-order valence-corrected chi connectivity index (χ1v) is 10.9. The summed E-state index contributed by atoms with van der Waals surface area (Å²) in [5, 5.41) is 5.61. The normalized spacial score (nSPS) is 17.8. The number of hydrogen-bond donors (Lipinski definition) is 2. The Labute approximate surface area is 196 Å². The van der Waals surface area contributed by atoms with E-state index in [2.05, 4.69) is 10.6 Å². The van der Waals surface area contributed by atoms with E-state index in [4.69, 9.17) is 4.98 Å². The zero-order chi connectivity index (χ0) is 23.9. The molecule has 4 aromatic rings. The van der Waals surface area contributed by atoms with Crippen LogP contribution in [0.2, 0.25) is 0 Å². The molecule has 0 spiro atoms. The lowest BCUT2D eigenvalue weighted by Crippen LogP contribution is -2.42. The summed E-state index contributed by atoms with van der Waals surface area (Å²) in [6, 6.07) is 21.7. The Morgan fingerprint density at radius 2 is 1.68 bits per heavy atom. The molecule has 2 N–H and O–H groups in total. The molecule has 0 bridgehead atoms. The number of imide groups is 1. The van der Waals surface area contributed by atoms with Gasteiger partial charge in [-0.3, -0.25) is 18.9 Å². The van der Waals surface area contributed by atoms with Crippen molar-refractivity contribution in [3.8, 4) is 11.3 Å². The molecule has 8 nitrogen and oxygen atoms in total. The van der Waals surface area contributed by atoms with E-state index >= 15 is 0 Å². The van der Waals surface area contributed by atoms with E-state index in [1.54, 1.807) is 35.6 Å². The minimum Gasteiger partial charge on any atom is -0.319 e. The molecule has 1 fully saturated rings. The van der Waals surface area contributed by atoms with Crippen LogP contribution in [0.5, 0.6) is 0 Å². The lowest BCUT2D eigenvalue weighted by Gasteiger charge is -2.22. The van der Waals surface area contributed by atoms with Gasteiger partial charge in [0.25, 0.3) is 5.91 Å². The smallest absolute Gasteiger partial charge is 0.319 e. The lowest BCUT2D eigenvalue weighted by atomic mass is 9.92. The maximum absolute atomic E-state index is 13.2. The van der Waals surface area contributed by atoms with Crippen LogP contribution < -0.4 is 10.6 Å². The molecule has 0 aliphatic carbocycles. The average Bonchev–Trinajstić information content (AvgIpc) is 3.32. The zero-order valence-electron chi connectivity index (χ0n) is 18.8. The highest BCUT2D eigenvalue weighted by Gasteiger charge is 2.49. The first kappa shape index (κ1) is 21.4. The Morgan fingerprint density at radius 1 is 1.00 bits per heavy atom. The maximum atomic E-state index is 13.2. The summed E-state index contributed by atoms with van der Waals surface area (Å²) in [4.78, 5) is 44.6. The molecule has 1 unspecified atom stereocenters. The lowest BCUT2D eigenvalue weighted by molar-refractivity contribution is -0.133. The summed E-state index contributed by atoms with van der Waals surface area (Å²) in [5.41, 5.74) is 2.53. The number of nitrogens with zero attached hydrogens (tertiary/aromatic N) is 3. The highest BCUT2D eigenvalue weighted by atomic mass is 16.2. The van der Waals surface area contributed by atoms with Gasteiger partial charge in [-0.2, -0.15) is 0 Å². The van der Waals surface area contributed by atoms with Gasteiger partial charge in [-0.15, -0.1) is 0 Å². The van der Waals surface area contributed by atoms with E-state index in [0.29, 0.717) is 22.7 Å². The number of urea groups is 1. The summed E-state index contributed by atoms with van der Waals surface area (Å²) >= 11 is 0. The highest BCUT2D eigenvalue weighted by molar-refractivity contribution is 6.10. The average molecular weight is 454 g/mol. The van der Waals surface area contributed by atoms with Crippen molar-refractivity contribution in [3.63, 3.8) is 0 Å². The van der Waals surface area contributed by atoms with Crippen LogP contribution in [0.4, 0.5) is 10.6 Å². The number of hydrogen-bond acceptors (Lipinski definition) is 4. The predicted octanol–water partition coefficient (Wildman–Crippen LogP) is 3.72. The molecule has 5 rings (SSSR count). The van der Waals surface area contributed by atoms with E-state index in [9.17, 15) is 14.4 Å². The number of rotatable bonds is 5. The second-order valence-corrected chi connectivity index (χ2v) is 8.42. The Bertz CT molecular complexity index is 1410. The number of imidazole rings is 1. The first-order chi connectivity index (χ1) is 16.4. The maximum Gasteiger partial charge on any atom is 0.325 e. The number of carbonyl (C=O) groups excluding carboxylic acids is 3. The fourth-order valence-electron chi connectivity index (χ4n) is 4.24. The number of pyridine rings is 1. The third-order valence-electron chi connectivity index (χ3n) is 6.08. The van der Waals surface area contributed by atoms with E-state index in [1.165, 1.54) is 0 Å². The van der Waals surface area contributed by atoms with E-state index in [1.807, 2.05) is 61.7 Å². The van der Waals surface area contributed by atoms with E-state index in [0.717, 1.165) is 16.0 Å². The molecule has 2 aromatic carbocycles. The highest BCUT2D eigenvalue weighted by Crippen LogP contribution is 2.31. The molecular weight excluding hydrogens is 430 g/mol. The van der Waals surface area contributed by atoms with Crippen molar-refractivity contribution in [2.45, 2.75) is 19.4 Å². The van der Waals surface area contributed by atoms with Gasteiger partial charge in [0.05, 0.1) is 0 Å². The van der Waals surface area contributed by atoms with Crippen molar-refractivity contribution in [3.05, 3.63) is 90.1 Å². The number of benzene rings is 2. The molecule has 0 radical (unpaired) electrons. The first-order valence-electron chi connectivity index (χ1n) is 10.9. The van der Waals surface area contributed by atoms with Crippen molar-refractivity contribution >= 4 is 29.3 Å². The van der Waals surface area contributed by atoms with E-state index in [-0.39, 0.29) is 0 Å². The molecule has 2 aromatic heterocycles. The van der Waals surface area contributed by atoms with Gasteiger partial charge in [-0.25, -0.2) is 9.78 Å². The van der Waals surface area contributed by atoms with Crippen LogP contribution in [0.15, 0.2) is 79.0 Å². The summed E-state index contributed by atoms with van der Waals surface area (Å²) in [7, 11) is 0. The van der Waals surface area contributed by atoms with Gasteiger partial charge in [0, 0.05) is 11.8 Å². The molecule has 1 atom stereocenters. The van der Waals surface area contributed by atoms with Crippen molar-refractivity contribution in [1.82, 2.24) is 19.6 Å². The number of anilines is 1. The number of nitrogens with one attached hydrogen (secondary N) is 2. The van der Waals surface area contributed by atoms with Crippen molar-refractivity contribution in [2.75, 3.05) is 11.9 Å². The Kier molecular flexibility index (Phi) is 5.13. The van der Waals surface area contributed by atoms with Gasteiger partial charge >= 0.3 is 6.03 Å². The van der Waals surface area contributed by atoms with Gasteiger partial charge in [-0.1, -0.05) is 66.7 Å². The van der Waals surface area contributed by atoms with Gasteiger partial charge < -0.3 is 10.6 Å². The second kappa shape index (κ2) is 8.15. The largest absolute Gasteiger partial charge is 0.325 e. The molecule has 4 amide bonds. The van der Waals surface area contributed by atoms with Crippen LogP contribution in [0, 0.1) is 6.92 Å². The van der Waals surface area contributed by atoms with Gasteiger partial charge in [0.2, 0.25) is 5.91 Å². The Hall–Kier alpha value is -4.46. The summed E-state index contributed by atoms with van der Waals surface area (Å²) in [6.45, 7) is 3.17. The Balaban J connectivity index is 1.44. The third kappa shape index (κ3) is 3.49. The number of amides is 4. The van der Waals surface area contributed by atoms with Gasteiger partial charge in [0.15, 0.2) is 0 Å². The summed E-state index contributed by atoms with van der Waals surface area (Å²) in [6.07, 6.45) is 1.82. The van der Waals surface area contributed by atoms with Crippen molar-refractivity contribution < 1.29 is 14.4 Å². The third-order valence-corrected chi connectivity index (χ3v) is 6.08. The SMILES string of the molecule is Cc1cccn2c(NC(=O)CN3C(=O)NC(C)(c4ccccc4)C3=O)c(-c3ccccc3)nc12. The minimum atomic E-state index is -1.23. The topological polar surface area (TPSA) is 95.8 Å². The van der Waals surface area contributed by atoms with Crippen LogP contribution in [-0.4, -0.2) is 38.7 Å². The number of aryl methyl sites for hydroxylation is 1. The van der Waals surface area contributed by atoms with Crippen LogP contribution >= 0.6 is 0 Å². The van der Waals surface area contributed by atoms with Crippen molar-refractivity contribution in [2.24, 2.45) is 0 Å². The number of aromatic nitrogens is 2. The van der Waals surface area contributed by atoms with Crippen molar-refractivity contribution in [1.29, 1.82) is 0 Å². The minimum absolute atomic E-state index is 0.416. The Morgan fingerprint density at radius 3 is 2.38 bits per heavy atom. The molecule has 3 heterocycles. The fraction of sp³-hybridized carbons (Fsp3) is 0.154. The van der Waals surface area contributed by atoms with Crippen LogP contribution in [0.3, 0.4) is 0 Å². The van der Waals surface area contributed by atoms with Gasteiger partial charge in [-0.05, 0) is 31.0 Å². The molecule has 34 heavy (non-hydrogen) atoms. The molecule has 1 aliphatic heterocycles. The number of fused-ring (bicyclic) bond motifs is 1. The van der Waals surface area contributed by atoms with Crippen LogP contribution in [0.25, 0.3) is 16.9 Å².